The van der Waals surface area contributed by atoms with E-state index in [0.717, 1.165) is 0 Å². The highest BCUT2D eigenvalue weighted by molar-refractivity contribution is 7.89. The van der Waals surface area contributed by atoms with Crippen molar-refractivity contribution >= 4 is 10.0 Å². The Morgan fingerprint density at radius 1 is 1.31 bits per heavy atom. The Morgan fingerprint density at radius 2 is 1.85 bits per heavy atom. The molecule has 0 bridgehead atoms. The molecule has 0 heterocycles. The van der Waals surface area contributed by atoms with Crippen molar-refractivity contribution in [1.29, 1.82) is 0 Å². The van der Waals surface area contributed by atoms with Crippen molar-refractivity contribution in [3.05, 3.63) is 0 Å². The van der Waals surface area contributed by atoms with Crippen LogP contribution in [0.3, 0.4) is 0 Å². The van der Waals surface area contributed by atoms with Crippen LogP contribution in [0.4, 0.5) is 0 Å². The van der Waals surface area contributed by atoms with Crippen molar-refractivity contribution < 1.29 is 8.42 Å². The lowest BCUT2D eigenvalue weighted by Crippen LogP contribution is -2.34. The van der Waals surface area contributed by atoms with E-state index in [0.29, 0.717) is 11.8 Å². The molecule has 0 saturated heterocycles. The van der Waals surface area contributed by atoms with Crippen LogP contribution in [0.25, 0.3) is 0 Å². The van der Waals surface area contributed by atoms with Crippen molar-refractivity contribution in [3.8, 4) is 0 Å². The third-order valence-corrected chi connectivity index (χ3v) is 4.12. The minimum absolute atomic E-state index is 0.0106. The molecule has 1 rings (SSSR count). The van der Waals surface area contributed by atoms with Crippen molar-refractivity contribution in [3.63, 3.8) is 0 Å². The van der Waals surface area contributed by atoms with Crippen LogP contribution in [0, 0.1) is 11.8 Å². The van der Waals surface area contributed by atoms with E-state index in [2.05, 4.69) is 4.72 Å². The summed E-state index contributed by atoms with van der Waals surface area (Å²) >= 11 is 0. The highest BCUT2D eigenvalue weighted by atomic mass is 32.2. The van der Waals surface area contributed by atoms with Gasteiger partial charge in [0.15, 0.2) is 0 Å². The number of nitrogens with one attached hydrogen (secondary N) is 1. The zero-order valence-electron chi connectivity index (χ0n) is 8.58. The van der Waals surface area contributed by atoms with Gasteiger partial charge in [-0.2, -0.15) is 0 Å². The summed E-state index contributed by atoms with van der Waals surface area (Å²) in [5.74, 6) is 1.26. The standard InChI is InChI=1S/C9H19NO2S/c1-7(2)10-13(11,12)6-8(3)9-4-5-9/h7-10H,4-6H2,1-3H3. The van der Waals surface area contributed by atoms with E-state index in [-0.39, 0.29) is 11.8 Å². The first-order valence-corrected chi connectivity index (χ1v) is 6.56. The molecule has 0 aromatic rings. The van der Waals surface area contributed by atoms with Crippen molar-refractivity contribution in [2.45, 2.75) is 39.7 Å². The minimum atomic E-state index is -3.04. The van der Waals surface area contributed by atoms with Gasteiger partial charge in [0.1, 0.15) is 0 Å². The second-order valence-corrected chi connectivity index (χ2v) is 6.17. The molecule has 78 valence electrons. The van der Waals surface area contributed by atoms with Gasteiger partial charge < -0.3 is 0 Å². The summed E-state index contributed by atoms with van der Waals surface area (Å²) in [4.78, 5) is 0. The van der Waals surface area contributed by atoms with Gasteiger partial charge in [0.2, 0.25) is 10.0 Å². The molecule has 0 aromatic carbocycles. The smallest absolute Gasteiger partial charge is 0.212 e. The highest BCUT2D eigenvalue weighted by Gasteiger charge is 2.31. The second kappa shape index (κ2) is 3.96. The molecule has 0 spiro atoms. The second-order valence-electron chi connectivity index (χ2n) is 4.37. The average Bonchev–Trinajstić information content (AvgIpc) is 2.60. The monoisotopic (exact) mass is 205 g/mol. The van der Waals surface area contributed by atoms with E-state index >= 15 is 0 Å². The molecule has 1 aliphatic carbocycles. The van der Waals surface area contributed by atoms with E-state index in [1.54, 1.807) is 0 Å². The Morgan fingerprint density at radius 3 is 2.23 bits per heavy atom. The number of hydrogen-bond donors (Lipinski definition) is 1. The van der Waals surface area contributed by atoms with Crippen LogP contribution < -0.4 is 4.72 Å². The van der Waals surface area contributed by atoms with Gasteiger partial charge in [-0.05, 0) is 38.5 Å². The van der Waals surface area contributed by atoms with Gasteiger partial charge >= 0.3 is 0 Å². The zero-order chi connectivity index (χ0) is 10.1. The van der Waals surface area contributed by atoms with Gasteiger partial charge in [-0.25, -0.2) is 13.1 Å². The van der Waals surface area contributed by atoms with E-state index in [1.165, 1.54) is 12.8 Å². The molecule has 0 radical (unpaired) electrons. The van der Waals surface area contributed by atoms with Gasteiger partial charge in [0, 0.05) is 6.04 Å². The lowest BCUT2D eigenvalue weighted by atomic mass is 10.1. The van der Waals surface area contributed by atoms with Crippen LogP contribution in [0.15, 0.2) is 0 Å². The quantitative estimate of drug-likeness (QED) is 0.736. The number of rotatable bonds is 5. The van der Waals surface area contributed by atoms with E-state index in [1.807, 2.05) is 20.8 Å². The SMILES string of the molecule is CC(C)NS(=O)(=O)CC(C)C1CC1. The third kappa shape index (κ3) is 4.09. The van der Waals surface area contributed by atoms with Crippen LogP contribution in [0.2, 0.25) is 0 Å². The molecule has 3 nitrogen and oxygen atoms in total. The van der Waals surface area contributed by atoms with Crippen LogP contribution in [-0.4, -0.2) is 20.2 Å². The molecule has 0 aromatic heterocycles. The molecule has 13 heavy (non-hydrogen) atoms. The summed E-state index contributed by atoms with van der Waals surface area (Å²) in [6, 6.07) is 0.0106. The fraction of sp³-hybridized carbons (Fsp3) is 1.00. The van der Waals surface area contributed by atoms with Gasteiger partial charge in [0.05, 0.1) is 5.75 Å². The lowest BCUT2D eigenvalue weighted by molar-refractivity contribution is 0.522. The van der Waals surface area contributed by atoms with Gasteiger partial charge in [-0.3, -0.25) is 0 Å². The molecule has 0 aliphatic heterocycles. The maximum absolute atomic E-state index is 11.5. The third-order valence-electron chi connectivity index (χ3n) is 2.32. The number of hydrogen-bond acceptors (Lipinski definition) is 2. The summed E-state index contributed by atoms with van der Waals surface area (Å²) in [5.41, 5.74) is 0. The van der Waals surface area contributed by atoms with Crippen molar-refractivity contribution in [2.24, 2.45) is 11.8 Å². The fourth-order valence-electron chi connectivity index (χ4n) is 1.55. The van der Waals surface area contributed by atoms with Crippen LogP contribution >= 0.6 is 0 Å². The Labute approximate surface area is 81.0 Å². The summed E-state index contributed by atoms with van der Waals surface area (Å²) in [7, 11) is -3.04. The molecule has 1 atom stereocenters. The van der Waals surface area contributed by atoms with Crippen LogP contribution in [-0.2, 0) is 10.0 Å². The first-order chi connectivity index (χ1) is 5.91. The zero-order valence-corrected chi connectivity index (χ0v) is 9.39. The van der Waals surface area contributed by atoms with Gasteiger partial charge in [-0.1, -0.05) is 6.92 Å². The van der Waals surface area contributed by atoms with E-state index < -0.39 is 10.0 Å². The maximum atomic E-state index is 11.5. The first kappa shape index (κ1) is 11.0. The summed E-state index contributed by atoms with van der Waals surface area (Å²) in [6.45, 7) is 5.72. The van der Waals surface area contributed by atoms with Gasteiger partial charge in [-0.15, -0.1) is 0 Å². The molecule has 1 fully saturated rings. The Balaban J connectivity index is 2.40. The Hall–Kier alpha value is -0.0900. The molecular formula is C9H19NO2S. The van der Waals surface area contributed by atoms with Crippen molar-refractivity contribution in [2.75, 3.05) is 5.75 Å². The largest absolute Gasteiger partial charge is 0.213 e. The maximum Gasteiger partial charge on any atom is 0.212 e. The molecule has 1 saturated carbocycles. The molecular weight excluding hydrogens is 186 g/mol. The molecule has 1 aliphatic rings. The van der Waals surface area contributed by atoms with Crippen molar-refractivity contribution in [1.82, 2.24) is 4.72 Å². The lowest BCUT2D eigenvalue weighted by Gasteiger charge is -2.13. The van der Waals surface area contributed by atoms with E-state index in [9.17, 15) is 8.42 Å². The fourth-order valence-corrected chi connectivity index (χ4v) is 3.33. The topological polar surface area (TPSA) is 46.2 Å². The van der Waals surface area contributed by atoms with Crippen LogP contribution in [0.1, 0.15) is 33.6 Å². The Kier molecular flexibility index (Phi) is 3.35. The highest BCUT2D eigenvalue weighted by Crippen LogP contribution is 2.36. The normalized spacial score (nSPS) is 20.6. The summed E-state index contributed by atoms with van der Waals surface area (Å²) < 4.78 is 25.5. The molecule has 1 unspecified atom stereocenters. The predicted octanol–water partition coefficient (Wildman–Crippen LogP) is 1.36. The average molecular weight is 205 g/mol. The van der Waals surface area contributed by atoms with Gasteiger partial charge in [0.25, 0.3) is 0 Å². The molecule has 1 N–H and O–H groups in total. The molecule has 0 amide bonds. The predicted molar refractivity (Wildman–Crippen MR) is 53.9 cm³/mol. The minimum Gasteiger partial charge on any atom is -0.213 e. The first-order valence-electron chi connectivity index (χ1n) is 4.90. The summed E-state index contributed by atoms with van der Waals surface area (Å²) in [5, 5.41) is 0. The molecule has 4 heteroatoms. The van der Waals surface area contributed by atoms with E-state index in [4.69, 9.17) is 0 Å². The van der Waals surface area contributed by atoms with Crippen LogP contribution in [0.5, 0.6) is 0 Å². The number of sulfonamides is 1. The Bertz CT molecular complexity index is 255. The summed E-state index contributed by atoms with van der Waals surface area (Å²) in [6.07, 6.45) is 2.41.